The van der Waals surface area contributed by atoms with E-state index in [0.29, 0.717) is 0 Å². The van der Waals surface area contributed by atoms with Crippen LogP contribution in [0.15, 0.2) is 29.2 Å². The molecule has 0 aliphatic carbocycles. The Hall–Kier alpha value is -3.06. The molecule has 0 bridgehead atoms. The monoisotopic (exact) mass is 411 g/mol. The number of anilines is 1. The molecular weight excluding hydrogens is 399 g/mol. The summed E-state index contributed by atoms with van der Waals surface area (Å²) < 4.78 is 40.2. The third-order valence-electron chi connectivity index (χ3n) is 4.35. The van der Waals surface area contributed by atoms with Crippen molar-refractivity contribution in [2.24, 2.45) is 0 Å². The second kappa shape index (κ2) is 7.52. The molecule has 3 rings (SSSR count). The Labute approximate surface area is 161 Å². The van der Waals surface area contributed by atoms with E-state index >= 15 is 0 Å². The Bertz CT molecular complexity index is 1020. The van der Waals surface area contributed by atoms with Crippen LogP contribution in [0.4, 0.5) is 18.9 Å². The zero-order valence-corrected chi connectivity index (χ0v) is 15.0. The molecule has 0 unspecified atom stereocenters. The summed E-state index contributed by atoms with van der Waals surface area (Å²) in [5.74, 6) is -0.432. The first kappa shape index (κ1) is 19.7. The van der Waals surface area contributed by atoms with Crippen LogP contribution in [0.5, 0.6) is 0 Å². The van der Waals surface area contributed by atoms with E-state index in [-0.39, 0.29) is 42.5 Å². The predicted octanol–water partition coefficient (Wildman–Crippen LogP) is 2.16. The molecule has 1 saturated heterocycles. The quantitative estimate of drug-likeness (QED) is 0.835. The van der Waals surface area contributed by atoms with E-state index in [9.17, 15) is 22.8 Å². The number of alkyl halides is 3. The van der Waals surface area contributed by atoms with Crippen LogP contribution in [0.25, 0.3) is 0 Å². The van der Waals surface area contributed by atoms with E-state index in [4.69, 9.17) is 16.9 Å². The van der Waals surface area contributed by atoms with Gasteiger partial charge in [0, 0.05) is 19.6 Å². The minimum absolute atomic E-state index is 0.114. The molecule has 146 valence electrons. The van der Waals surface area contributed by atoms with Gasteiger partial charge in [-0.25, -0.2) is 5.10 Å². The number of aromatic amines is 1. The van der Waals surface area contributed by atoms with Crippen molar-refractivity contribution in [1.82, 2.24) is 15.1 Å². The summed E-state index contributed by atoms with van der Waals surface area (Å²) in [6.45, 7) is -0.0610. The number of halogens is 4. The Balaban J connectivity index is 1.82. The van der Waals surface area contributed by atoms with Crippen molar-refractivity contribution in [2.75, 3.05) is 24.5 Å². The number of benzene rings is 1. The van der Waals surface area contributed by atoms with Gasteiger partial charge in [0.05, 0.1) is 35.6 Å². The van der Waals surface area contributed by atoms with Crippen LogP contribution in [0.2, 0.25) is 5.02 Å². The highest BCUT2D eigenvalue weighted by Crippen LogP contribution is 2.35. The van der Waals surface area contributed by atoms with Crippen molar-refractivity contribution in [1.29, 1.82) is 5.26 Å². The van der Waals surface area contributed by atoms with Gasteiger partial charge in [-0.1, -0.05) is 23.7 Å². The van der Waals surface area contributed by atoms with Gasteiger partial charge in [-0.05, 0) is 11.6 Å². The molecule has 1 aromatic heterocycles. The Morgan fingerprint density at radius 1 is 1.29 bits per heavy atom. The average Bonchev–Trinajstić information content (AvgIpc) is 2.64. The van der Waals surface area contributed by atoms with Gasteiger partial charge in [0.1, 0.15) is 5.02 Å². The van der Waals surface area contributed by atoms with Gasteiger partial charge in [-0.2, -0.15) is 23.5 Å². The summed E-state index contributed by atoms with van der Waals surface area (Å²) in [7, 11) is 0. The largest absolute Gasteiger partial charge is 0.418 e. The van der Waals surface area contributed by atoms with Crippen LogP contribution in [0, 0.1) is 11.3 Å². The minimum Gasteiger partial charge on any atom is -0.358 e. The summed E-state index contributed by atoms with van der Waals surface area (Å²) >= 11 is 5.94. The third kappa shape index (κ3) is 3.80. The van der Waals surface area contributed by atoms with Gasteiger partial charge in [-0.3, -0.25) is 9.59 Å². The lowest BCUT2D eigenvalue weighted by atomic mass is 10.0. The molecule has 0 saturated carbocycles. The first-order valence-electron chi connectivity index (χ1n) is 8.07. The summed E-state index contributed by atoms with van der Waals surface area (Å²) in [6.07, 6.45) is -3.40. The third-order valence-corrected chi connectivity index (χ3v) is 4.72. The Morgan fingerprint density at radius 3 is 2.68 bits per heavy atom. The average molecular weight is 412 g/mol. The highest BCUT2D eigenvalue weighted by Gasteiger charge is 2.37. The fraction of sp³-hybridized carbons (Fsp3) is 0.294. The number of nitrogens with one attached hydrogen (secondary N) is 1. The van der Waals surface area contributed by atoms with E-state index < -0.39 is 28.8 Å². The number of carbonyl (C=O) groups is 1. The van der Waals surface area contributed by atoms with Crippen molar-refractivity contribution in [3.05, 3.63) is 56.5 Å². The molecule has 1 aliphatic rings. The van der Waals surface area contributed by atoms with Crippen molar-refractivity contribution in [3.63, 3.8) is 0 Å². The molecule has 2 aromatic rings. The van der Waals surface area contributed by atoms with Gasteiger partial charge < -0.3 is 9.80 Å². The lowest BCUT2D eigenvalue weighted by molar-refractivity contribution is -0.140. The smallest absolute Gasteiger partial charge is 0.358 e. The predicted molar refractivity (Wildman–Crippen MR) is 93.7 cm³/mol. The van der Waals surface area contributed by atoms with Crippen LogP contribution >= 0.6 is 11.6 Å². The van der Waals surface area contributed by atoms with Gasteiger partial charge >= 0.3 is 6.18 Å². The fourth-order valence-electron chi connectivity index (χ4n) is 3.04. The Morgan fingerprint density at radius 2 is 2.04 bits per heavy atom. The molecule has 0 radical (unpaired) electrons. The summed E-state index contributed by atoms with van der Waals surface area (Å²) in [6, 6.07) is 5.24. The number of rotatable bonds is 3. The van der Waals surface area contributed by atoms with Crippen molar-refractivity contribution in [2.45, 2.75) is 12.7 Å². The highest BCUT2D eigenvalue weighted by molar-refractivity contribution is 6.33. The maximum atomic E-state index is 13.4. The molecule has 7 nitrogen and oxygen atoms in total. The second-order valence-electron chi connectivity index (χ2n) is 6.08. The van der Waals surface area contributed by atoms with Crippen molar-refractivity contribution < 1.29 is 18.0 Å². The molecule has 28 heavy (non-hydrogen) atoms. The molecule has 2 heterocycles. The molecule has 1 aromatic carbocycles. The maximum absolute atomic E-state index is 13.4. The number of nitrogens with zero attached hydrogens (tertiary/aromatic N) is 4. The van der Waals surface area contributed by atoms with Crippen molar-refractivity contribution >= 4 is 23.2 Å². The van der Waals surface area contributed by atoms with Crippen LogP contribution < -0.4 is 10.5 Å². The number of amides is 1. The van der Waals surface area contributed by atoms with E-state index in [0.717, 1.165) is 6.07 Å². The van der Waals surface area contributed by atoms with Crippen LogP contribution in [0.1, 0.15) is 16.7 Å². The summed E-state index contributed by atoms with van der Waals surface area (Å²) in [5.41, 5.74) is -1.99. The van der Waals surface area contributed by atoms with E-state index in [1.807, 2.05) is 0 Å². The molecule has 1 aliphatic heterocycles. The lowest BCUT2D eigenvalue weighted by Crippen LogP contribution is -2.50. The molecule has 0 atom stereocenters. The number of hydrogen-bond donors (Lipinski definition) is 1. The number of piperazine rings is 1. The number of carbonyl (C=O) groups excluding carboxylic acids is 1. The van der Waals surface area contributed by atoms with Crippen LogP contribution in [-0.4, -0.2) is 40.6 Å². The zero-order valence-electron chi connectivity index (χ0n) is 14.3. The van der Waals surface area contributed by atoms with E-state index in [2.05, 4.69) is 10.2 Å². The van der Waals surface area contributed by atoms with E-state index in [1.54, 1.807) is 11.0 Å². The summed E-state index contributed by atoms with van der Waals surface area (Å²) in [4.78, 5) is 26.9. The summed E-state index contributed by atoms with van der Waals surface area (Å²) in [5, 5.41) is 14.7. The minimum atomic E-state index is -4.71. The molecule has 1 fully saturated rings. The first-order chi connectivity index (χ1) is 13.2. The standard InChI is InChI=1S/C17H13ClF3N5O2/c18-15-12(7-23-24-16(15)28)25-4-5-26(13(27)9-25)8-11-3-1-2-10(6-22)14(11)17(19,20)21/h1-3,7H,4-5,8-9H2,(H,24,28). The number of hydrogen-bond acceptors (Lipinski definition) is 5. The number of nitriles is 1. The van der Waals surface area contributed by atoms with Gasteiger partial charge in [-0.15, -0.1) is 0 Å². The lowest BCUT2D eigenvalue weighted by Gasteiger charge is -2.36. The first-order valence-corrected chi connectivity index (χ1v) is 8.45. The normalized spacial score (nSPS) is 14.9. The van der Waals surface area contributed by atoms with E-state index in [1.165, 1.54) is 23.2 Å². The maximum Gasteiger partial charge on any atom is 0.418 e. The van der Waals surface area contributed by atoms with Gasteiger partial charge in [0.2, 0.25) is 5.91 Å². The zero-order chi connectivity index (χ0) is 20.5. The molecule has 1 amide bonds. The molecule has 0 spiro atoms. The molecule has 11 heteroatoms. The number of aromatic nitrogens is 2. The van der Waals surface area contributed by atoms with Crippen molar-refractivity contribution in [3.8, 4) is 6.07 Å². The molecule has 1 N–H and O–H groups in total. The SMILES string of the molecule is N#Cc1cccc(CN2CCN(c3cn[nH]c(=O)c3Cl)CC2=O)c1C(F)(F)F. The van der Waals surface area contributed by atoms with Gasteiger partial charge in [0.25, 0.3) is 5.56 Å². The van der Waals surface area contributed by atoms with Crippen LogP contribution in [0.3, 0.4) is 0 Å². The second-order valence-corrected chi connectivity index (χ2v) is 6.46. The highest BCUT2D eigenvalue weighted by atomic mass is 35.5. The Kier molecular flexibility index (Phi) is 5.29. The van der Waals surface area contributed by atoms with Gasteiger partial charge in [0.15, 0.2) is 0 Å². The topological polar surface area (TPSA) is 93.1 Å². The van der Waals surface area contributed by atoms with Crippen LogP contribution in [-0.2, 0) is 17.5 Å². The number of H-pyrrole nitrogens is 1. The molecular formula is C17H13ClF3N5O2. The fourth-order valence-corrected chi connectivity index (χ4v) is 3.25.